The lowest BCUT2D eigenvalue weighted by molar-refractivity contribution is 0.754. The van der Waals surface area contributed by atoms with Gasteiger partial charge in [-0.2, -0.15) is 0 Å². The Morgan fingerprint density at radius 1 is 1.53 bits per heavy atom. The highest BCUT2D eigenvalue weighted by molar-refractivity contribution is 8.23. The molecular formula is C11H12N2S2. The molecule has 1 aliphatic heterocycles. The number of hydrogen-bond acceptors (Lipinski definition) is 3. The second kappa shape index (κ2) is 4.79. The van der Waals surface area contributed by atoms with Gasteiger partial charge in [-0.05, 0) is 5.56 Å². The second-order valence-corrected chi connectivity index (χ2v) is 4.83. The first-order valence-electron chi connectivity index (χ1n) is 4.71. The summed E-state index contributed by atoms with van der Waals surface area (Å²) in [6.07, 6.45) is 2.12. The van der Waals surface area contributed by atoms with Crippen molar-refractivity contribution >= 4 is 28.3 Å². The predicted octanol–water partition coefficient (Wildman–Crippen LogP) is 2.71. The molecule has 2 nitrogen and oxygen atoms in total. The summed E-state index contributed by atoms with van der Waals surface area (Å²) in [5.74, 6) is 0.860. The van der Waals surface area contributed by atoms with Crippen molar-refractivity contribution in [2.45, 2.75) is 6.17 Å². The minimum Gasteiger partial charge on any atom is -0.267 e. The maximum Gasteiger partial charge on any atom is 0.152 e. The quantitative estimate of drug-likeness (QED) is 0.495. The molecule has 1 saturated heterocycles. The van der Waals surface area contributed by atoms with Crippen molar-refractivity contribution < 1.29 is 0 Å². The SMILES string of the molecule is C=CCSC(=S)N1N[C@@H]1c1ccccc1. The molecule has 0 radical (unpaired) electrons. The Morgan fingerprint density at radius 3 is 2.93 bits per heavy atom. The van der Waals surface area contributed by atoms with E-state index in [1.54, 1.807) is 11.8 Å². The van der Waals surface area contributed by atoms with Crippen LogP contribution in [0.2, 0.25) is 0 Å². The summed E-state index contributed by atoms with van der Waals surface area (Å²) in [5, 5.41) is 2.00. The lowest BCUT2D eigenvalue weighted by atomic mass is 10.2. The highest BCUT2D eigenvalue weighted by Gasteiger charge is 2.36. The van der Waals surface area contributed by atoms with Crippen LogP contribution in [-0.4, -0.2) is 15.1 Å². The average molecular weight is 236 g/mol. The third-order valence-electron chi connectivity index (χ3n) is 2.09. The Labute approximate surface area is 99.3 Å². The van der Waals surface area contributed by atoms with Crippen LogP contribution in [0.25, 0.3) is 0 Å². The van der Waals surface area contributed by atoms with Gasteiger partial charge in [0.2, 0.25) is 0 Å². The number of thioether (sulfide) groups is 1. The summed E-state index contributed by atoms with van der Waals surface area (Å²) in [7, 11) is 0. The summed E-state index contributed by atoms with van der Waals surface area (Å²) >= 11 is 6.88. The molecule has 0 aromatic heterocycles. The van der Waals surface area contributed by atoms with Gasteiger partial charge in [0.05, 0.1) is 0 Å². The topological polar surface area (TPSA) is 25.0 Å². The summed E-state index contributed by atoms with van der Waals surface area (Å²) in [4.78, 5) is 0. The van der Waals surface area contributed by atoms with Gasteiger partial charge >= 0.3 is 0 Å². The van der Waals surface area contributed by atoms with Crippen molar-refractivity contribution in [3.63, 3.8) is 0 Å². The summed E-state index contributed by atoms with van der Waals surface area (Å²) in [5.41, 5.74) is 4.48. The number of nitrogens with one attached hydrogen (secondary N) is 1. The Morgan fingerprint density at radius 2 is 2.27 bits per heavy atom. The lowest BCUT2D eigenvalue weighted by Crippen LogP contribution is -2.06. The molecule has 4 heteroatoms. The first-order valence-corrected chi connectivity index (χ1v) is 6.10. The molecule has 1 aromatic carbocycles. The number of hydrogen-bond donors (Lipinski definition) is 1. The fourth-order valence-electron chi connectivity index (χ4n) is 1.32. The van der Waals surface area contributed by atoms with Crippen LogP contribution in [0.5, 0.6) is 0 Å². The molecular weight excluding hydrogens is 224 g/mol. The van der Waals surface area contributed by atoms with E-state index in [2.05, 4.69) is 24.1 Å². The first kappa shape index (κ1) is 10.7. The van der Waals surface area contributed by atoms with Gasteiger partial charge in [0, 0.05) is 5.75 Å². The molecule has 1 aromatic rings. The minimum absolute atomic E-state index is 0.260. The Balaban J connectivity index is 1.91. The number of rotatable bonds is 3. The fourth-order valence-corrected chi connectivity index (χ4v) is 2.24. The van der Waals surface area contributed by atoms with E-state index in [0.717, 1.165) is 10.1 Å². The summed E-state index contributed by atoms with van der Waals surface area (Å²) < 4.78 is 0.878. The van der Waals surface area contributed by atoms with Crippen molar-refractivity contribution in [1.82, 2.24) is 10.4 Å². The van der Waals surface area contributed by atoms with E-state index in [0.29, 0.717) is 0 Å². The molecule has 0 amide bonds. The van der Waals surface area contributed by atoms with E-state index in [1.165, 1.54) is 5.56 Å². The van der Waals surface area contributed by atoms with Crippen molar-refractivity contribution in [2.24, 2.45) is 0 Å². The molecule has 1 heterocycles. The summed E-state index contributed by atoms with van der Waals surface area (Å²) in [6.45, 7) is 3.67. The molecule has 2 rings (SSSR count). The Hall–Kier alpha value is -0.840. The van der Waals surface area contributed by atoms with E-state index in [4.69, 9.17) is 12.2 Å². The van der Waals surface area contributed by atoms with E-state index in [-0.39, 0.29) is 6.17 Å². The highest BCUT2D eigenvalue weighted by atomic mass is 32.2. The van der Waals surface area contributed by atoms with E-state index in [1.807, 2.05) is 29.3 Å². The molecule has 1 fully saturated rings. The number of hydrazine groups is 1. The number of nitrogens with zero attached hydrogens (tertiary/aromatic N) is 1. The third-order valence-corrected chi connectivity index (χ3v) is 3.48. The second-order valence-electron chi connectivity index (χ2n) is 3.18. The van der Waals surface area contributed by atoms with E-state index in [9.17, 15) is 0 Å². The van der Waals surface area contributed by atoms with Crippen molar-refractivity contribution in [3.05, 3.63) is 48.6 Å². The maximum atomic E-state index is 5.26. The van der Waals surface area contributed by atoms with Crippen LogP contribution in [-0.2, 0) is 0 Å². The molecule has 78 valence electrons. The zero-order valence-corrected chi connectivity index (χ0v) is 9.85. The molecule has 0 saturated carbocycles. The van der Waals surface area contributed by atoms with E-state index >= 15 is 0 Å². The van der Waals surface area contributed by atoms with Gasteiger partial charge in [-0.15, -0.1) is 6.58 Å². The third kappa shape index (κ3) is 2.59. The maximum absolute atomic E-state index is 5.26. The fraction of sp³-hybridized carbons (Fsp3) is 0.182. The van der Waals surface area contributed by atoms with Crippen LogP contribution >= 0.6 is 24.0 Å². The number of thiocarbonyl (C=S) groups is 1. The molecule has 1 aliphatic rings. The largest absolute Gasteiger partial charge is 0.267 e. The van der Waals surface area contributed by atoms with Crippen molar-refractivity contribution in [1.29, 1.82) is 0 Å². The van der Waals surface area contributed by atoms with Gasteiger partial charge < -0.3 is 0 Å². The van der Waals surface area contributed by atoms with E-state index < -0.39 is 0 Å². The molecule has 0 aliphatic carbocycles. The first-order chi connectivity index (χ1) is 7.33. The minimum atomic E-state index is 0.260. The molecule has 0 bridgehead atoms. The Bertz CT molecular complexity index is 364. The smallest absolute Gasteiger partial charge is 0.152 e. The average Bonchev–Trinajstić information content (AvgIpc) is 3.07. The van der Waals surface area contributed by atoms with Crippen LogP contribution < -0.4 is 5.43 Å². The molecule has 0 spiro atoms. The monoisotopic (exact) mass is 236 g/mol. The van der Waals surface area contributed by atoms with Gasteiger partial charge in [0.25, 0.3) is 0 Å². The normalized spacial score (nSPS) is 18.7. The van der Waals surface area contributed by atoms with Crippen molar-refractivity contribution in [2.75, 3.05) is 5.75 Å². The van der Waals surface area contributed by atoms with Crippen LogP contribution in [0.4, 0.5) is 0 Å². The molecule has 0 unspecified atom stereocenters. The molecule has 1 atom stereocenters. The molecule has 15 heavy (non-hydrogen) atoms. The van der Waals surface area contributed by atoms with Crippen LogP contribution in [0.3, 0.4) is 0 Å². The number of benzene rings is 1. The molecule has 1 N–H and O–H groups in total. The lowest BCUT2D eigenvalue weighted by Gasteiger charge is -2.02. The van der Waals surface area contributed by atoms with Gasteiger partial charge in [-0.1, -0.05) is 60.4 Å². The van der Waals surface area contributed by atoms with Gasteiger partial charge in [-0.3, -0.25) is 5.01 Å². The van der Waals surface area contributed by atoms with Gasteiger partial charge in [-0.25, -0.2) is 5.43 Å². The standard InChI is InChI=1S/C11H12N2S2/c1-2-8-15-11(14)13-10(12-13)9-6-4-3-5-7-9/h2-7,10,12H,1,8H2/t10-,13?/m0/s1. The Kier molecular flexibility index (Phi) is 3.41. The van der Waals surface area contributed by atoms with Crippen LogP contribution in [0.1, 0.15) is 11.7 Å². The summed E-state index contributed by atoms with van der Waals surface area (Å²) in [6, 6.07) is 10.3. The van der Waals surface area contributed by atoms with Crippen molar-refractivity contribution in [3.8, 4) is 0 Å². The van der Waals surface area contributed by atoms with Gasteiger partial charge in [0.1, 0.15) is 6.17 Å². The van der Waals surface area contributed by atoms with Crippen LogP contribution in [0, 0.1) is 0 Å². The highest BCUT2D eigenvalue weighted by Crippen LogP contribution is 2.31. The van der Waals surface area contributed by atoms with Crippen LogP contribution in [0.15, 0.2) is 43.0 Å². The van der Waals surface area contributed by atoms with Gasteiger partial charge in [0.15, 0.2) is 4.32 Å². The zero-order chi connectivity index (χ0) is 10.7. The predicted molar refractivity (Wildman–Crippen MR) is 69.4 cm³/mol. The zero-order valence-electron chi connectivity index (χ0n) is 8.22.